The molecule has 0 radical (unpaired) electrons. The first-order valence-corrected chi connectivity index (χ1v) is 4.68. The highest BCUT2D eigenvalue weighted by molar-refractivity contribution is 5.85. The maximum absolute atomic E-state index is 11.4. The summed E-state index contributed by atoms with van der Waals surface area (Å²) in [7, 11) is 1.46. The van der Waals surface area contributed by atoms with Gasteiger partial charge in [0.2, 0.25) is 5.75 Å². The number of aromatic nitrogens is 2. The van der Waals surface area contributed by atoms with Crippen LogP contribution in [-0.4, -0.2) is 23.6 Å². The van der Waals surface area contributed by atoms with Crippen LogP contribution in [0.2, 0.25) is 0 Å². The third-order valence-corrected chi connectivity index (χ3v) is 2.40. The van der Waals surface area contributed by atoms with Crippen LogP contribution in [0.25, 0.3) is 0 Å². The Kier molecular flexibility index (Phi) is 4.11. The van der Waals surface area contributed by atoms with Crippen molar-refractivity contribution in [3.8, 4) is 5.75 Å². The second kappa shape index (κ2) is 5.14. The number of methoxy groups -OCH3 is 1. The Morgan fingerprint density at radius 1 is 1.60 bits per heavy atom. The molecule has 1 fully saturated rings. The molecule has 0 aromatic carbocycles. The Hall–Kier alpha value is -1.07. The molecule has 1 unspecified atom stereocenters. The number of nitrogens with one attached hydrogen (secondary N) is 2. The maximum atomic E-state index is 11.4. The molecular formula is C9H14ClN3O2. The first-order chi connectivity index (χ1) is 6.81. The van der Waals surface area contributed by atoms with Crippen LogP contribution in [0.15, 0.2) is 11.0 Å². The molecule has 2 N–H and O–H groups in total. The van der Waals surface area contributed by atoms with Crippen molar-refractivity contribution in [3.05, 3.63) is 22.4 Å². The van der Waals surface area contributed by atoms with Gasteiger partial charge in [0.1, 0.15) is 5.82 Å². The van der Waals surface area contributed by atoms with E-state index in [9.17, 15) is 4.79 Å². The minimum absolute atomic E-state index is 0. The van der Waals surface area contributed by atoms with Gasteiger partial charge in [-0.2, -0.15) is 0 Å². The molecule has 0 amide bonds. The summed E-state index contributed by atoms with van der Waals surface area (Å²) in [4.78, 5) is 18.2. The third kappa shape index (κ3) is 2.49. The zero-order valence-corrected chi connectivity index (χ0v) is 9.26. The molecule has 2 rings (SSSR count). The molecule has 15 heavy (non-hydrogen) atoms. The summed E-state index contributed by atoms with van der Waals surface area (Å²) in [5.41, 5.74) is -0.216. The van der Waals surface area contributed by atoms with Gasteiger partial charge >= 0.3 is 0 Å². The van der Waals surface area contributed by atoms with E-state index in [4.69, 9.17) is 4.74 Å². The number of halogens is 1. The summed E-state index contributed by atoms with van der Waals surface area (Å²) in [6.07, 6.45) is 3.61. The zero-order valence-electron chi connectivity index (χ0n) is 8.45. The molecule has 1 aliphatic rings. The summed E-state index contributed by atoms with van der Waals surface area (Å²) in [5, 5.41) is 3.26. The average molecular weight is 232 g/mol. The predicted molar refractivity (Wildman–Crippen MR) is 58.6 cm³/mol. The van der Waals surface area contributed by atoms with Gasteiger partial charge in [-0.25, -0.2) is 4.98 Å². The molecular weight excluding hydrogens is 218 g/mol. The highest BCUT2D eigenvalue weighted by Crippen LogP contribution is 2.18. The highest BCUT2D eigenvalue weighted by atomic mass is 35.5. The van der Waals surface area contributed by atoms with E-state index in [1.165, 1.54) is 13.3 Å². The fourth-order valence-corrected chi connectivity index (χ4v) is 1.64. The monoisotopic (exact) mass is 231 g/mol. The van der Waals surface area contributed by atoms with Gasteiger partial charge < -0.3 is 15.0 Å². The van der Waals surface area contributed by atoms with E-state index in [1.807, 2.05) is 0 Å². The Labute approximate surface area is 93.7 Å². The zero-order chi connectivity index (χ0) is 9.97. The van der Waals surface area contributed by atoms with Crippen LogP contribution in [-0.2, 0) is 0 Å². The van der Waals surface area contributed by atoms with Crippen molar-refractivity contribution < 1.29 is 4.74 Å². The number of aromatic amines is 1. The predicted octanol–water partition coefficient (Wildman–Crippen LogP) is 0.625. The summed E-state index contributed by atoms with van der Waals surface area (Å²) in [5.74, 6) is 0.958. The molecule has 0 spiro atoms. The topological polar surface area (TPSA) is 67.0 Å². The lowest BCUT2D eigenvalue weighted by molar-refractivity contribution is 0.403. The highest BCUT2D eigenvalue weighted by Gasteiger charge is 2.18. The molecule has 1 atom stereocenters. The van der Waals surface area contributed by atoms with Gasteiger partial charge in [-0.1, -0.05) is 0 Å². The van der Waals surface area contributed by atoms with Crippen molar-refractivity contribution in [1.29, 1.82) is 0 Å². The van der Waals surface area contributed by atoms with Crippen LogP contribution in [0.4, 0.5) is 0 Å². The first-order valence-electron chi connectivity index (χ1n) is 4.68. The van der Waals surface area contributed by atoms with Crippen molar-refractivity contribution in [2.75, 3.05) is 13.7 Å². The number of hydrogen-bond acceptors (Lipinski definition) is 4. The van der Waals surface area contributed by atoms with Gasteiger partial charge in [0, 0.05) is 0 Å². The van der Waals surface area contributed by atoms with Crippen LogP contribution < -0.4 is 15.6 Å². The molecule has 1 aliphatic heterocycles. The molecule has 84 valence electrons. The number of ether oxygens (including phenoxy) is 1. The van der Waals surface area contributed by atoms with E-state index in [0.717, 1.165) is 19.4 Å². The van der Waals surface area contributed by atoms with Crippen molar-refractivity contribution in [3.63, 3.8) is 0 Å². The normalized spacial score (nSPS) is 19.7. The van der Waals surface area contributed by atoms with Crippen molar-refractivity contribution in [1.82, 2.24) is 15.3 Å². The quantitative estimate of drug-likeness (QED) is 0.783. The molecule has 2 heterocycles. The van der Waals surface area contributed by atoms with E-state index in [0.29, 0.717) is 5.82 Å². The van der Waals surface area contributed by atoms with Crippen LogP contribution >= 0.6 is 12.4 Å². The van der Waals surface area contributed by atoms with Gasteiger partial charge in [0.25, 0.3) is 5.56 Å². The molecule has 6 heteroatoms. The lowest BCUT2D eigenvalue weighted by Gasteiger charge is -2.08. The van der Waals surface area contributed by atoms with Crippen molar-refractivity contribution in [2.45, 2.75) is 18.9 Å². The Morgan fingerprint density at radius 3 is 2.93 bits per heavy atom. The minimum Gasteiger partial charge on any atom is -0.490 e. The van der Waals surface area contributed by atoms with E-state index < -0.39 is 0 Å². The summed E-state index contributed by atoms with van der Waals surface area (Å²) in [6, 6.07) is 0.189. The van der Waals surface area contributed by atoms with Crippen LogP contribution in [0, 0.1) is 0 Å². The second-order valence-corrected chi connectivity index (χ2v) is 3.31. The molecule has 5 nitrogen and oxygen atoms in total. The second-order valence-electron chi connectivity index (χ2n) is 3.31. The average Bonchev–Trinajstić information content (AvgIpc) is 2.70. The summed E-state index contributed by atoms with van der Waals surface area (Å²) in [6.45, 7) is 0.987. The third-order valence-electron chi connectivity index (χ3n) is 2.40. The molecule has 0 saturated carbocycles. The number of H-pyrrole nitrogens is 1. The van der Waals surface area contributed by atoms with Crippen LogP contribution in [0.5, 0.6) is 5.75 Å². The number of nitrogens with zero attached hydrogens (tertiary/aromatic N) is 1. The van der Waals surface area contributed by atoms with E-state index in [2.05, 4.69) is 15.3 Å². The SMILES string of the molecule is COc1cnc(C2CCCN2)[nH]c1=O.Cl. The Morgan fingerprint density at radius 2 is 2.40 bits per heavy atom. The number of rotatable bonds is 2. The first kappa shape index (κ1) is 12.0. The van der Waals surface area contributed by atoms with Gasteiger partial charge in [0.15, 0.2) is 0 Å². The lowest BCUT2D eigenvalue weighted by Crippen LogP contribution is -2.20. The summed E-state index contributed by atoms with van der Waals surface area (Å²) >= 11 is 0. The van der Waals surface area contributed by atoms with Crippen LogP contribution in [0.3, 0.4) is 0 Å². The van der Waals surface area contributed by atoms with E-state index >= 15 is 0 Å². The molecule has 1 aromatic heterocycles. The van der Waals surface area contributed by atoms with E-state index in [-0.39, 0.29) is 29.8 Å². The number of hydrogen-bond donors (Lipinski definition) is 2. The largest absolute Gasteiger partial charge is 0.490 e. The van der Waals surface area contributed by atoms with Crippen molar-refractivity contribution >= 4 is 12.4 Å². The van der Waals surface area contributed by atoms with Crippen LogP contribution in [0.1, 0.15) is 24.7 Å². The van der Waals surface area contributed by atoms with Gasteiger partial charge in [-0.05, 0) is 19.4 Å². The van der Waals surface area contributed by atoms with Gasteiger partial charge in [0.05, 0.1) is 19.3 Å². The van der Waals surface area contributed by atoms with E-state index in [1.54, 1.807) is 0 Å². The molecule has 0 bridgehead atoms. The van der Waals surface area contributed by atoms with Gasteiger partial charge in [-0.15, -0.1) is 12.4 Å². The molecule has 1 saturated heterocycles. The lowest BCUT2D eigenvalue weighted by atomic mass is 10.2. The Balaban J connectivity index is 0.00000112. The molecule has 0 aliphatic carbocycles. The maximum Gasteiger partial charge on any atom is 0.293 e. The Bertz CT molecular complexity index is 374. The standard InChI is InChI=1S/C9H13N3O2.ClH/c1-14-7-5-11-8(12-9(7)13)6-3-2-4-10-6;/h5-6,10H,2-4H2,1H3,(H,11,12,13);1H. The van der Waals surface area contributed by atoms with Crippen molar-refractivity contribution in [2.24, 2.45) is 0 Å². The fourth-order valence-electron chi connectivity index (χ4n) is 1.64. The molecule has 1 aromatic rings. The smallest absolute Gasteiger partial charge is 0.293 e. The van der Waals surface area contributed by atoms with Gasteiger partial charge in [-0.3, -0.25) is 4.79 Å². The fraction of sp³-hybridized carbons (Fsp3) is 0.556. The minimum atomic E-state index is -0.216. The summed E-state index contributed by atoms with van der Waals surface area (Å²) < 4.78 is 4.84.